The van der Waals surface area contributed by atoms with Gasteiger partial charge in [-0.15, -0.1) is 0 Å². The average molecular weight is 277 g/mol. The van der Waals surface area contributed by atoms with Gasteiger partial charge in [-0.1, -0.05) is 12.8 Å². The summed E-state index contributed by atoms with van der Waals surface area (Å²) >= 11 is 0. The number of nitrogens with two attached hydrogens (primary N) is 1. The minimum atomic E-state index is -0.347. The third-order valence-corrected chi connectivity index (χ3v) is 4.44. The molecule has 0 aliphatic heterocycles. The predicted molar refractivity (Wildman–Crippen MR) is 81.0 cm³/mol. The number of rotatable bonds is 4. The number of nitrogens with zero attached hydrogens (tertiary/aromatic N) is 2. The number of nitro groups is 1. The van der Waals surface area contributed by atoms with E-state index in [1.165, 1.54) is 19.3 Å². The first-order chi connectivity index (χ1) is 9.54. The van der Waals surface area contributed by atoms with Crippen LogP contribution in [0.15, 0.2) is 18.2 Å². The van der Waals surface area contributed by atoms with Crippen molar-refractivity contribution < 1.29 is 4.92 Å². The van der Waals surface area contributed by atoms with E-state index in [1.807, 2.05) is 13.0 Å². The fraction of sp³-hybridized carbons (Fsp3) is 0.600. The number of non-ortho nitro benzene ring substituents is 1. The molecule has 1 saturated carbocycles. The van der Waals surface area contributed by atoms with Crippen molar-refractivity contribution in [2.75, 3.05) is 18.5 Å². The molecule has 20 heavy (non-hydrogen) atoms. The van der Waals surface area contributed by atoms with Crippen LogP contribution in [0.3, 0.4) is 0 Å². The van der Waals surface area contributed by atoms with Crippen LogP contribution >= 0.6 is 0 Å². The van der Waals surface area contributed by atoms with Crippen molar-refractivity contribution in [3.05, 3.63) is 33.9 Å². The number of benzene rings is 1. The molecule has 110 valence electrons. The van der Waals surface area contributed by atoms with Gasteiger partial charge in [0.15, 0.2) is 0 Å². The van der Waals surface area contributed by atoms with E-state index in [1.54, 1.807) is 12.1 Å². The standard InChI is InChI=1S/C15H23N3O2/c1-11-9-13(18(19)20)7-8-14(11)17(2)15-6-4-3-5-12(15)10-16/h7-9,12,15H,3-6,10,16H2,1-2H3. The molecule has 0 heterocycles. The summed E-state index contributed by atoms with van der Waals surface area (Å²) in [6.07, 6.45) is 4.81. The Bertz CT molecular complexity index is 490. The van der Waals surface area contributed by atoms with Crippen LogP contribution in [0.2, 0.25) is 0 Å². The fourth-order valence-corrected chi connectivity index (χ4v) is 3.30. The number of anilines is 1. The van der Waals surface area contributed by atoms with Gasteiger partial charge < -0.3 is 10.6 Å². The van der Waals surface area contributed by atoms with E-state index in [2.05, 4.69) is 11.9 Å². The molecule has 0 aromatic heterocycles. The van der Waals surface area contributed by atoms with E-state index in [9.17, 15) is 10.1 Å². The molecule has 1 fully saturated rings. The minimum Gasteiger partial charge on any atom is -0.371 e. The van der Waals surface area contributed by atoms with E-state index < -0.39 is 0 Å². The second kappa shape index (κ2) is 6.22. The van der Waals surface area contributed by atoms with E-state index in [0.29, 0.717) is 18.5 Å². The van der Waals surface area contributed by atoms with Crippen molar-refractivity contribution in [1.82, 2.24) is 0 Å². The molecule has 0 amide bonds. The molecular weight excluding hydrogens is 254 g/mol. The Morgan fingerprint density at radius 2 is 2.10 bits per heavy atom. The highest BCUT2D eigenvalue weighted by Gasteiger charge is 2.28. The lowest BCUT2D eigenvalue weighted by Gasteiger charge is -2.39. The Labute approximate surface area is 119 Å². The molecule has 1 aliphatic carbocycles. The quantitative estimate of drug-likeness (QED) is 0.678. The SMILES string of the molecule is Cc1cc([N+](=O)[O-])ccc1N(C)C1CCCCC1CN. The van der Waals surface area contributed by atoms with Crippen LogP contribution in [0.5, 0.6) is 0 Å². The van der Waals surface area contributed by atoms with Gasteiger partial charge in [0.2, 0.25) is 0 Å². The van der Waals surface area contributed by atoms with Crippen LogP contribution in [0.25, 0.3) is 0 Å². The first-order valence-corrected chi connectivity index (χ1v) is 7.22. The molecule has 1 aromatic rings. The van der Waals surface area contributed by atoms with Gasteiger partial charge in [-0.3, -0.25) is 10.1 Å². The van der Waals surface area contributed by atoms with E-state index >= 15 is 0 Å². The zero-order valence-corrected chi connectivity index (χ0v) is 12.2. The van der Waals surface area contributed by atoms with Gasteiger partial charge in [-0.25, -0.2) is 0 Å². The minimum absolute atomic E-state index is 0.152. The van der Waals surface area contributed by atoms with Gasteiger partial charge in [-0.05, 0) is 43.9 Å². The number of nitro benzene ring substituents is 1. The number of aryl methyl sites for hydroxylation is 1. The molecule has 1 aliphatic rings. The van der Waals surface area contributed by atoms with Crippen molar-refractivity contribution in [3.8, 4) is 0 Å². The van der Waals surface area contributed by atoms with Crippen LogP contribution in [0.4, 0.5) is 11.4 Å². The predicted octanol–water partition coefficient (Wildman–Crippen LogP) is 2.86. The van der Waals surface area contributed by atoms with Crippen LogP contribution in [-0.4, -0.2) is 24.6 Å². The lowest BCUT2D eigenvalue weighted by molar-refractivity contribution is -0.384. The molecule has 0 radical (unpaired) electrons. The maximum absolute atomic E-state index is 10.8. The summed E-state index contributed by atoms with van der Waals surface area (Å²) in [6, 6.07) is 5.52. The fourth-order valence-electron chi connectivity index (χ4n) is 3.30. The highest BCUT2D eigenvalue weighted by Crippen LogP contribution is 2.32. The molecular formula is C15H23N3O2. The summed E-state index contributed by atoms with van der Waals surface area (Å²) in [5.74, 6) is 0.517. The first-order valence-electron chi connectivity index (χ1n) is 7.22. The Hall–Kier alpha value is -1.62. The van der Waals surface area contributed by atoms with E-state index in [4.69, 9.17) is 5.73 Å². The van der Waals surface area contributed by atoms with Crippen molar-refractivity contribution >= 4 is 11.4 Å². The Kier molecular flexibility index (Phi) is 4.60. The second-order valence-corrected chi connectivity index (χ2v) is 5.69. The molecule has 2 rings (SSSR count). The van der Waals surface area contributed by atoms with Crippen molar-refractivity contribution in [2.45, 2.75) is 38.6 Å². The van der Waals surface area contributed by atoms with Gasteiger partial charge >= 0.3 is 0 Å². The second-order valence-electron chi connectivity index (χ2n) is 5.69. The average Bonchev–Trinajstić information content (AvgIpc) is 2.46. The normalized spacial score (nSPS) is 22.6. The van der Waals surface area contributed by atoms with Gasteiger partial charge in [0.1, 0.15) is 0 Å². The first kappa shape index (κ1) is 14.8. The van der Waals surface area contributed by atoms with Crippen LogP contribution in [-0.2, 0) is 0 Å². The van der Waals surface area contributed by atoms with Crippen LogP contribution in [0, 0.1) is 23.0 Å². The molecule has 2 N–H and O–H groups in total. The molecule has 5 nitrogen and oxygen atoms in total. The van der Waals surface area contributed by atoms with Gasteiger partial charge in [0.25, 0.3) is 5.69 Å². The Morgan fingerprint density at radius 3 is 2.70 bits per heavy atom. The zero-order valence-electron chi connectivity index (χ0n) is 12.2. The largest absolute Gasteiger partial charge is 0.371 e. The van der Waals surface area contributed by atoms with E-state index in [0.717, 1.165) is 17.7 Å². The third-order valence-electron chi connectivity index (χ3n) is 4.44. The van der Waals surface area contributed by atoms with Crippen molar-refractivity contribution in [1.29, 1.82) is 0 Å². The summed E-state index contributed by atoms with van der Waals surface area (Å²) in [7, 11) is 2.08. The summed E-state index contributed by atoms with van der Waals surface area (Å²) in [5, 5.41) is 10.8. The van der Waals surface area contributed by atoms with Gasteiger partial charge in [0.05, 0.1) is 4.92 Å². The lowest BCUT2D eigenvalue weighted by Crippen LogP contribution is -2.43. The summed E-state index contributed by atoms with van der Waals surface area (Å²) in [5.41, 5.74) is 8.06. The van der Waals surface area contributed by atoms with E-state index in [-0.39, 0.29) is 10.6 Å². The Morgan fingerprint density at radius 1 is 1.40 bits per heavy atom. The van der Waals surface area contributed by atoms with Crippen molar-refractivity contribution in [2.24, 2.45) is 11.7 Å². The summed E-state index contributed by atoms with van der Waals surface area (Å²) in [4.78, 5) is 12.7. The zero-order chi connectivity index (χ0) is 14.7. The molecule has 0 spiro atoms. The highest BCUT2D eigenvalue weighted by molar-refractivity contribution is 5.57. The summed E-state index contributed by atoms with van der Waals surface area (Å²) in [6.45, 7) is 2.64. The monoisotopic (exact) mass is 277 g/mol. The molecule has 0 saturated heterocycles. The molecule has 2 unspecified atom stereocenters. The highest BCUT2D eigenvalue weighted by atomic mass is 16.6. The smallest absolute Gasteiger partial charge is 0.269 e. The number of hydrogen-bond donors (Lipinski definition) is 1. The summed E-state index contributed by atoms with van der Waals surface area (Å²) < 4.78 is 0. The lowest BCUT2D eigenvalue weighted by atomic mass is 9.83. The molecule has 2 atom stereocenters. The van der Waals surface area contributed by atoms with Crippen molar-refractivity contribution in [3.63, 3.8) is 0 Å². The van der Waals surface area contributed by atoms with Gasteiger partial charge in [0, 0.05) is 30.9 Å². The molecule has 0 bridgehead atoms. The number of hydrogen-bond acceptors (Lipinski definition) is 4. The topological polar surface area (TPSA) is 72.4 Å². The maximum atomic E-state index is 10.8. The Balaban J connectivity index is 2.23. The third kappa shape index (κ3) is 2.93. The van der Waals surface area contributed by atoms with Crippen LogP contribution in [0.1, 0.15) is 31.2 Å². The van der Waals surface area contributed by atoms with Gasteiger partial charge in [-0.2, -0.15) is 0 Å². The maximum Gasteiger partial charge on any atom is 0.269 e. The van der Waals surface area contributed by atoms with Crippen LogP contribution < -0.4 is 10.6 Å². The molecule has 5 heteroatoms. The molecule has 1 aromatic carbocycles.